The fourth-order valence-electron chi connectivity index (χ4n) is 2.81. The Kier molecular flexibility index (Phi) is 10.6. The molecular weight excluding hydrogens is 276 g/mol. The average Bonchev–Trinajstić information content (AvgIpc) is 2.78. The van der Waals surface area contributed by atoms with Crippen LogP contribution in [0.5, 0.6) is 0 Å². The second-order valence-corrected chi connectivity index (χ2v) is 7.31. The van der Waals surface area contributed by atoms with Gasteiger partial charge in [0.15, 0.2) is 5.13 Å². The van der Waals surface area contributed by atoms with Crippen molar-refractivity contribution in [3.63, 3.8) is 0 Å². The molecule has 2 N–H and O–H groups in total. The maximum Gasteiger partial charge on any atom is 0.180 e. The van der Waals surface area contributed by atoms with Gasteiger partial charge in [-0.3, -0.25) is 0 Å². The highest BCUT2D eigenvalue weighted by atomic mass is 32.1. The molecule has 0 bridgehead atoms. The van der Waals surface area contributed by atoms with Crippen LogP contribution in [0.3, 0.4) is 0 Å². The molecule has 0 spiro atoms. The van der Waals surface area contributed by atoms with Gasteiger partial charge in [0.1, 0.15) is 0 Å². The molecule has 3 heteroatoms. The Bertz CT molecular complexity index is 360. The summed E-state index contributed by atoms with van der Waals surface area (Å²) >= 11 is 1.66. The molecule has 0 unspecified atom stereocenters. The van der Waals surface area contributed by atoms with Crippen LogP contribution in [0.2, 0.25) is 0 Å². The second kappa shape index (κ2) is 12.0. The fourth-order valence-corrected chi connectivity index (χ4v) is 3.68. The molecule has 2 nitrogen and oxygen atoms in total. The summed E-state index contributed by atoms with van der Waals surface area (Å²) in [6.07, 6.45) is 18.1. The molecule has 21 heavy (non-hydrogen) atoms. The molecule has 0 aromatic carbocycles. The third-order valence-electron chi connectivity index (χ3n) is 4.17. The lowest BCUT2D eigenvalue weighted by Crippen LogP contribution is -1.86. The van der Waals surface area contributed by atoms with Crippen molar-refractivity contribution in [1.29, 1.82) is 0 Å². The van der Waals surface area contributed by atoms with E-state index in [1.54, 1.807) is 11.3 Å². The summed E-state index contributed by atoms with van der Waals surface area (Å²) in [7, 11) is 0. The Morgan fingerprint density at radius 3 is 1.71 bits per heavy atom. The Labute approximate surface area is 135 Å². The largest absolute Gasteiger partial charge is 0.375 e. The number of nitrogens with two attached hydrogens (primary N) is 1. The van der Waals surface area contributed by atoms with Gasteiger partial charge in [-0.05, 0) is 19.8 Å². The van der Waals surface area contributed by atoms with E-state index in [1.807, 2.05) is 0 Å². The van der Waals surface area contributed by atoms with E-state index in [2.05, 4.69) is 18.8 Å². The SMILES string of the molecule is CCCCCCCCCCCCCCc1sc(N)nc1C. The first kappa shape index (κ1) is 18.5. The van der Waals surface area contributed by atoms with Crippen LogP contribution in [0.4, 0.5) is 5.13 Å². The van der Waals surface area contributed by atoms with E-state index >= 15 is 0 Å². The summed E-state index contributed by atoms with van der Waals surface area (Å²) in [5, 5.41) is 0.724. The first-order valence-electron chi connectivity index (χ1n) is 8.95. The maximum atomic E-state index is 5.72. The monoisotopic (exact) mass is 310 g/mol. The molecule has 0 aliphatic heterocycles. The molecular formula is C18H34N2S. The summed E-state index contributed by atoms with van der Waals surface area (Å²) in [6, 6.07) is 0. The van der Waals surface area contributed by atoms with Crippen LogP contribution < -0.4 is 5.73 Å². The molecule has 0 radical (unpaired) electrons. The number of rotatable bonds is 13. The Morgan fingerprint density at radius 1 is 0.810 bits per heavy atom. The second-order valence-electron chi connectivity index (χ2n) is 6.20. The average molecular weight is 311 g/mol. The van der Waals surface area contributed by atoms with Gasteiger partial charge in [-0.25, -0.2) is 4.98 Å². The molecule has 1 aromatic rings. The van der Waals surface area contributed by atoms with Gasteiger partial charge in [-0.15, -0.1) is 11.3 Å². The van der Waals surface area contributed by atoms with Gasteiger partial charge in [0, 0.05) is 4.88 Å². The molecule has 1 heterocycles. The van der Waals surface area contributed by atoms with Crippen molar-refractivity contribution in [2.24, 2.45) is 0 Å². The third kappa shape index (κ3) is 9.13. The molecule has 0 atom stereocenters. The molecule has 0 saturated heterocycles. The smallest absolute Gasteiger partial charge is 0.180 e. The van der Waals surface area contributed by atoms with Gasteiger partial charge in [-0.2, -0.15) is 0 Å². The number of aryl methyl sites for hydroxylation is 2. The van der Waals surface area contributed by atoms with Crippen molar-refractivity contribution < 1.29 is 0 Å². The number of thiazole rings is 1. The predicted molar refractivity (Wildman–Crippen MR) is 96.0 cm³/mol. The molecule has 1 rings (SSSR count). The highest BCUT2D eigenvalue weighted by Crippen LogP contribution is 2.22. The summed E-state index contributed by atoms with van der Waals surface area (Å²) in [4.78, 5) is 5.67. The maximum absolute atomic E-state index is 5.72. The summed E-state index contributed by atoms with van der Waals surface area (Å²) < 4.78 is 0. The quantitative estimate of drug-likeness (QED) is 0.436. The summed E-state index contributed by atoms with van der Waals surface area (Å²) in [6.45, 7) is 4.36. The number of aromatic nitrogens is 1. The van der Waals surface area contributed by atoms with Gasteiger partial charge in [0.25, 0.3) is 0 Å². The van der Waals surface area contributed by atoms with Crippen molar-refractivity contribution in [1.82, 2.24) is 4.98 Å². The molecule has 122 valence electrons. The number of anilines is 1. The van der Waals surface area contributed by atoms with E-state index in [-0.39, 0.29) is 0 Å². The lowest BCUT2D eigenvalue weighted by Gasteiger charge is -2.02. The summed E-state index contributed by atoms with van der Waals surface area (Å²) in [5.74, 6) is 0. The van der Waals surface area contributed by atoms with E-state index in [0.29, 0.717) is 0 Å². The lowest BCUT2D eigenvalue weighted by atomic mass is 10.0. The van der Waals surface area contributed by atoms with Crippen molar-refractivity contribution in [3.8, 4) is 0 Å². The van der Waals surface area contributed by atoms with Gasteiger partial charge in [0.2, 0.25) is 0 Å². The normalized spacial score (nSPS) is 11.1. The zero-order valence-electron chi connectivity index (χ0n) is 14.1. The minimum Gasteiger partial charge on any atom is -0.375 e. The van der Waals surface area contributed by atoms with Crippen molar-refractivity contribution in [2.75, 3.05) is 5.73 Å². The lowest BCUT2D eigenvalue weighted by molar-refractivity contribution is 0.544. The standard InChI is InChI=1S/C18H34N2S/c1-3-4-5-6-7-8-9-10-11-12-13-14-15-17-16(2)20-18(19)21-17/h3-15H2,1-2H3,(H2,19,20). The van der Waals surface area contributed by atoms with Gasteiger partial charge in [0.05, 0.1) is 5.69 Å². The van der Waals surface area contributed by atoms with Crippen molar-refractivity contribution >= 4 is 16.5 Å². The Balaban J connectivity index is 1.84. The van der Waals surface area contributed by atoms with Crippen LogP contribution in [0.15, 0.2) is 0 Å². The molecule has 0 fully saturated rings. The van der Waals surface area contributed by atoms with E-state index in [4.69, 9.17) is 5.73 Å². The first-order chi connectivity index (χ1) is 10.2. The highest BCUT2D eigenvalue weighted by Gasteiger charge is 2.04. The fraction of sp³-hybridized carbons (Fsp3) is 0.833. The molecule has 1 aromatic heterocycles. The molecule has 0 saturated carbocycles. The van der Waals surface area contributed by atoms with Gasteiger partial charge >= 0.3 is 0 Å². The van der Waals surface area contributed by atoms with E-state index < -0.39 is 0 Å². The minimum absolute atomic E-state index is 0.724. The zero-order chi connectivity index (χ0) is 15.3. The predicted octanol–water partition coefficient (Wildman–Crippen LogP) is 6.28. The van der Waals surface area contributed by atoms with Crippen LogP contribution in [0.25, 0.3) is 0 Å². The number of nitrogens with zero attached hydrogens (tertiary/aromatic N) is 1. The van der Waals surface area contributed by atoms with Gasteiger partial charge in [-0.1, -0.05) is 77.6 Å². The first-order valence-corrected chi connectivity index (χ1v) is 9.77. The van der Waals surface area contributed by atoms with E-state index in [9.17, 15) is 0 Å². The van der Waals surface area contributed by atoms with E-state index in [1.165, 1.54) is 81.9 Å². The Hall–Kier alpha value is -0.570. The molecule has 0 amide bonds. The van der Waals surface area contributed by atoms with Crippen LogP contribution in [0, 0.1) is 6.92 Å². The minimum atomic E-state index is 0.724. The highest BCUT2D eigenvalue weighted by molar-refractivity contribution is 7.15. The zero-order valence-corrected chi connectivity index (χ0v) is 14.9. The number of hydrogen-bond donors (Lipinski definition) is 1. The topological polar surface area (TPSA) is 38.9 Å². The number of hydrogen-bond acceptors (Lipinski definition) is 3. The molecule has 0 aliphatic carbocycles. The van der Waals surface area contributed by atoms with Crippen molar-refractivity contribution in [3.05, 3.63) is 10.6 Å². The number of nitrogen functional groups attached to an aromatic ring is 1. The van der Waals surface area contributed by atoms with Gasteiger partial charge < -0.3 is 5.73 Å². The van der Waals surface area contributed by atoms with Crippen molar-refractivity contribution in [2.45, 2.75) is 97.3 Å². The van der Waals surface area contributed by atoms with E-state index in [0.717, 1.165) is 17.2 Å². The van der Waals surface area contributed by atoms with Crippen LogP contribution in [0.1, 0.15) is 94.5 Å². The summed E-state index contributed by atoms with van der Waals surface area (Å²) in [5.41, 5.74) is 6.86. The third-order valence-corrected chi connectivity index (χ3v) is 5.21. The number of unbranched alkanes of at least 4 members (excludes halogenated alkanes) is 11. The van der Waals surface area contributed by atoms with Crippen LogP contribution >= 0.6 is 11.3 Å². The molecule has 0 aliphatic rings. The Morgan fingerprint density at radius 2 is 1.29 bits per heavy atom. The van der Waals surface area contributed by atoms with Crippen LogP contribution in [-0.4, -0.2) is 4.98 Å². The van der Waals surface area contributed by atoms with Crippen LogP contribution in [-0.2, 0) is 6.42 Å².